The van der Waals surface area contributed by atoms with Crippen LogP contribution in [0.4, 0.5) is 0 Å². The van der Waals surface area contributed by atoms with Crippen LogP contribution in [0.3, 0.4) is 0 Å². The molecule has 1 aromatic carbocycles. The van der Waals surface area contributed by atoms with E-state index in [0.29, 0.717) is 5.69 Å². The van der Waals surface area contributed by atoms with Gasteiger partial charge in [-0.1, -0.05) is 62.2 Å². The van der Waals surface area contributed by atoms with E-state index in [1.165, 1.54) is 0 Å². The predicted molar refractivity (Wildman–Crippen MR) is 77.4 cm³/mol. The molecule has 1 aromatic heterocycles. The predicted octanol–water partition coefficient (Wildman–Crippen LogP) is 4.20. The van der Waals surface area contributed by atoms with E-state index in [-0.39, 0.29) is 15.4 Å². The molecule has 0 saturated carbocycles. The monoisotopic (exact) mass is 365 g/mol. The van der Waals surface area contributed by atoms with E-state index in [2.05, 4.69) is 36.8 Å². The molecule has 90 valence electrons. The Kier molecular flexibility index (Phi) is 3.08. The number of halogens is 2. The second kappa shape index (κ2) is 4.59. The maximum absolute atomic E-state index is 12.5. The van der Waals surface area contributed by atoms with Gasteiger partial charge in [-0.15, -0.1) is 0 Å². The Balaban J connectivity index is 2.31. The summed E-state index contributed by atoms with van der Waals surface area (Å²) in [7, 11) is 0. The Morgan fingerprint density at radius 3 is 2.44 bits per heavy atom. The highest BCUT2D eigenvalue weighted by Gasteiger charge is 2.32. The first-order valence-corrected chi connectivity index (χ1v) is 7.40. The molecule has 1 heterocycles. The maximum Gasteiger partial charge on any atom is 0.211 e. The van der Waals surface area contributed by atoms with Gasteiger partial charge in [0.25, 0.3) is 0 Å². The third-order valence-electron chi connectivity index (χ3n) is 3.11. The van der Waals surface area contributed by atoms with Crippen molar-refractivity contribution in [3.8, 4) is 0 Å². The van der Waals surface area contributed by atoms with Crippen LogP contribution in [0.5, 0.6) is 0 Å². The lowest BCUT2D eigenvalue weighted by Crippen LogP contribution is -2.06. The number of alkyl halides is 2. The van der Waals surface area contributed by atoms with Crippen LogP contribution in [-0.4, -0.2) is 10.8 Å². The number of benzene rings is 1. The smallest absolute Gasteiger partial charge is 0.211 e. The fourth-order valence-corrected chi connectivity index (χ4v) is 3.56. The van der Waals surface area contributed by atoms with Crippen molar-refractivity contribution in [1.82, 2.24) is 4.98 Å². The molecule has 0 radical (unpaired) electrons. The van der Waals surface area contributed by atoms with Gasteiger partial charge in [-0.05, 0) is 17.2 Å². The summed E-state index contributed by atoms with van der Waals surface area (Å²) in [6.45, 7) is 0. The summed E-state index contributed by atoms with van der Waals surface area (Å²) in [5, 5.41) is 0. The molecule has 0 spiro atoms. The highest BCUT2D eigenvalue weighted by Crippen LogP contribution is 2.46. The second-order valence-electron chi connectivity index (χ2n) is 4.16. The van der Waals surface area contributed by atoms with Crippen molar-refractivity contribution in [3.63, 3.8) is 0 Å². The number of ketones is 1. The Morgan fingerprint density at radius 1 is 0.944 bits per heavy atom. The quantitative estimate of drug-likeness (QED) is 0.654. The van der Waals surface area contributed by atoms with E-state index in [1.807, 2.05) is 36.4 Å². The SMILES string of the molecule is O=C1c2ccccc2C(Br)C(Br)c2cccnc21. The first-order valence-electron chi connectivity index (χ1n) is 5.57. The normalized spacial score (nSPS) is 22.0. The lowest BCUT2D eigenvalue weighted by molar-refractivity contribution is 0.103. The molecule has 0 N–H and O–H groups in total. The number of carbonyl (C=O) groups excluding carboxylic acids is 1. The molecule has 2 atom stereocenters. The number of rotatable bonds is 0. The lowest BCUT2D eigenvalue weighted by atomic mass is 10.0. The zero-order valence-electron chi connectivity index (χ0n) is 9.31. The summed E-state index contributed by atoms with van der Waals surface area (Å²) in [4.78, 5) is 16.9. The standard InChI is InChI=1S/C14H9Br2NO/c15-11-8-4-1-2-5-9(8)14(18)13-10(12(11)16)6-3-7-17-13/h1-7,11-12H. The molecular weight excluding hydrogens is 358 g/mol. The van der Waals surface area contributed by atoms with Gasteiger partial charge in [0.05, 0.1) is 9.65 Å². The Bertz CT molecular complexity index is 573. The molecule has 0 fully saturated rings. The molecule has 0 amide bonds. The molecule has 4 heteroatoms. The molecule has 18 heavy (non-hydrogen) atoms. The zero-order valence-corrected chi connectivity index (χ0v) is 12.5. The molecule has 0 bridgehead atoms. The summed E-state index contributed by atoms with van der Waals surface area (Å²) >= 11 is 7.33. The first kappa shape index (κ1) is 12.1. The summed E-state index contributed by atoms with van der Waals surface area (Å²) in [5.41, 5.74) is 3.19. The molecule has 2 unspecified atom stereocenters. The summed E-state index contributed by atoms with van der Waals surface area (Å²) in [5.74, 6) is -0.00685. The van der Waals surface area contributed by atoms with Crippen LogP contribution in [0.15, 0.2) is 42.6 Å². The Labute approximate surface area is 122 Å². The Morgan fingerprint density at radius 2 is 1.61 bits per heavy atom. The van der Waals surface area contributed by atoms with Gasteiger partial charge in [-0.25, -0.2) is 0 Å². The van der Waals surface area contributed by atoms with Crippen LogP contribution in [0.1, 0.15) is 36.8 Å². The summed E-state index contributed by atoms with van der Waals surface area (Å²) < 4.78 is 0. The third-order valence-corrected chi connectivity index (χ3v) is 5.86. The van der Waals surface area contributed by atoms with Crippen molar-refractivity contribution in [1.29, 1.82) is 0 Å². The van der Waals surface area contributed by atoms with Crippen LogP contribution >= 0.6 is 31.9 Å². The molecule has 0 aliphatic heterocycles. The number of hydrogen-bond donors (Lipinski definition) is 0. The van der Waals surface area contributed by atoms with Gasteiger partial charge in [0, 0.05) is 11.8 Å². The van der Waals surface area contributed by atoms with E-state index in [9.17, 15) is 4.79 Å². The largest absolute Gasteiger partial charge is 0.287 e. The topological polar surface area (TPSA) is 30.0 Å². The number of nitrogens with zero attached hydrogens (tertiary/aromatic N) is 1. The van der Waals surface area contributed by atoms with Gasteiger partial charge in [0.1, 0.15) is 5.69 Å². The zero-order chi connectivity index (χ0) is 12.7. The van der Waals surface area contributed by atoms with Crippen LogP contribution in [0, 0.1) is 0 Å². The van der Waals surface area contributed by atoms with Gasteiger partial charge in [-0.2, -0.15) is 0 Å². The van der Waals surface area contributed by atoms with Crippen molar-refractivity contribution in [2.24, 2.45) is 0 Å². The van der Waals surface area contributed by atoms with E-state index < -0.39 is 0 Å². The van der Waals surface area contributed by atoms with Crippen molar-refractivity contribution in [2.45, 2.75) is 9.65 Å². The highest BCUT2D eigenvalue weighted by molar-refractivity contribution is 9.12. The molecule has 3 rings (SSSR count). The molecule has 1 aliphatic rings. The van der Waals surface area contributed by atoms with Crippen molar-refractivity contribution >= 4 is 37.6 Å². The van der Waals surface area contributed by atoms with E-state index >= 15 is 0 Å². The van der Waals surface area contributed by atoms with Crippen molar-refractivity contribution in [3.05, 3.63) is 65.0 Å². The van der Waals surface area contributed by atoms with Crippen LogP contribution in [0.25, 0.3) is 0 Å². The van der Waals surface area contributed by atoms with E-state index in [4.69, 9.17) is 0 Å². The molecular formula is C14H9Br2NO. The van der Waals surface area contributed by atoms with Crippen molar-refractivity contribution < 1.29 is 4.79 Å². The van der Waals surface area contributed by atoms with Crippen molar-refractivity contribution in [2.75, 3.05) is 0 Å². The van der Waals surface area contributed by atoms with E-state index in [0.717, 1.165) is 16.7 Å². The molecule has 0 saturated heterocycles. The van der Waals surface area contributed by atoms with Gasteiger partial charge in [0.15, 0.2) is 0 Å². The number of fused-ring (bicyclic) bond motifs is 2. The summed E-state index contributed by atoms with van der Waals surface area (Å²) in [6.07, 6.45) is 1.66. The van der Waals surface area contributed by atoms with Crippen LogP contribution < -0.4 is 0 Å². The minimum Gasteiger partial charge on any atom is -0.287 e. The van der Waals surface area contributed by atoms with Crippen LogP contribution in [0.2, 0.25) is 0 Å². The van der Waals surface area contributed by atoms with Gasteiger partial charge in [0.2, 0.25) is 5.78 Å². The second-order valence-corrected chi connectivity index (χ2v) is 6.13. The first-order chi connectivity index (χ1) is 8.70. The lowest BCUT2D eigenvalue weighted by Gasteiger charge is -2.16. The van der Waals surface area contributed by atoms with Crippen LogP contribution in [-0.2, 0) is 0 Å². The minimum atomic E-state index is -0.00685. The number of pyridine rings is 1. The molecule has 1 aliphatic carbocycles. The Hall–Kier alpha value is -1.00. The average Bonchev–Trinajstić information content (AvgIpc) is 2.51. The molecule has 2 aromatic rings. The third kappa shape index (κ3) is 1.75. The number of carbonyl (C=O) groups is 1. The number of hydrogen-bond acceptors (Lipinski definition) is 2. The average molecular weight is 367 g/mol. The maximum atomic E-state index is 12.5. The van der Waals surface area contributed by atoms with Gasteiger partial charge >= 0.3 is 0 Å². The van der Waals surface area contributed by atoms with E-state index in [1.54, 1.807) is 6.20 Å². The fraction of sp³-hybridized carbons (Fsp3) is 0.143. The number of aromatic nitrogens is 1. The minimum absolute atomic E-state index is 0.00685. The van der Waals surface area contributed by atoms with Gasteiger partial charge < -0.3 is 0 Å². The fourth-order valence-electron chi connectivity index (χ4n) is 2.22. The summed E-state index contributed by atoms with van der Waals surface area (Å²) in [6, 6.07) is 11.5. The highest BCUT2D eigenvalue weighted by atomic mass is 79.9. The molecule has 2 nitrogen and oxygen atoms in total. The van der Waals surface area contributed by atoms with Gasteiger partial charge in [-0.3, -0.25) is 9.78 Å².